The van der Waals surface area contributed by atoms with Crippen LogP contribution in [0.2, 0.25) is 0 Å². The molecule has 1 atom stereocenters. The summed E-state index contributed by atoms with van der Waals surface area (Å²) in [5.74, 6) is 0. The van der Waals surface area contributed by atoms with Gasteiger partial charge in [-0.25, -0.2) is 4.98 Å². The van der Waals surface area contributed by atoms with E-state index < -0.39 is 0 Å². The molecule has 19 heavy (non-hydrogen) atoms. The van der Waals surface area contributed by atoms with Gasteiger partial charge in [-0.1, -0.05) is 12.1 Å². The summed E-state index contributed by atoms with van der Waals surface area (Å²) >= 11 is 0. The van der Waals surface area contributed by atoms with Gasteiger partial charge in [0.2, 0.25) is 0 Å². The maximum Gasteiger partial charge on any atom is 0.0991 e. The van der Waals surface area contributed by atoms with Crippen LogP contribution in [0.15, 0.2) is 36.8 Å². The van der Waals surface area contributed by atoms with Gasteiger partial charge in [0.05, 0.1) is 23.7 Å². The fourth-order valence-corrected chi connectivity index (χ4v) is 2.57. The van der Waals surface area contributed by atoms with Crippen LogP contribution >= 0.6 is 0 Å². The summed E-state index contributed by atoms with van der Waals surface area (Å²) in [5, 5.41) is 12.3. The lowest BCUT2D eigenvalue weighted by molar-refractivity contribution is 0.584. The molecule has 0 bridgehead atoms. The van der Waals surface area contributed by atoms with E-state index in [1.54, 1.807) is 0 Å². The second kappa shape index (κ2) is 5.25. The summed E-state index contributed by atoms with van der Waals surface area (Å²) in [6, 6.07) is 10.3. The molecule has 1 aliphatic rings. The molecule has 1 aromatic heterocycles. The highest BCUT2D eigenvalue weighted by Gasteiger charge is 2.19. The van der Waals surface area contributed by atoms with Gasteiger partial charge in [-0.3, -0.25) is 0 Å². The first kappa shape index (κ1) is 11.9. The minimum atomic E-state index is 0.431. The van der Waals surface area contributed by atoms with E-state index in [0.29, 0.717) is 11.6 Å². The molecule has 1 N–H and O–H groups in total. The Morgan fingerprint density at radius 1 is 1.37 bits per heavy atom. The van der Waals surface area contributed by atoms with Crippen LogP contribution in [-0.2, 0) is 6.54 Å². The van der Waals surface area contributed by atoms with E-state index in [2.05, 4.69) is 20.9 Å². The highest BCUT2D eigenvalue weighted by Crippen LogP contribution is 2.23. The van der Waals surface area contributed by atoms with Crippen molar-refractivity contribution >= 4 is 0 Å². The molecule has 0 aliphatic carbocycles. The van der Waals surface area contributed by atoms with Gasteiger partial charge in [-0.05, 0) is 37.1 Å². The molecule has 0 spiro atoms. The van der Waals surface area contributed by atoms with Gasteiger partial charge < -0.3 is 9.88 Å². The van der Waals surface area contributed by atoms with E-state index in [0.717, 1.165) is 13.1 Å². The number of nitriles is 1. The molecule has 3 rings (SSSR count). The second-order valence-corrected chi connectivity index (χ2v) is 4.90. The molecule has 1 fully saturated rings. The van der Waals surface area contributed by atoms with Gasteiger partial charge in [0.1, 0.15) is 0 Å². The molecule has 0 unspecified atom stereocenters. The molecule has 0 radical (unpaired) electrons. The van der Waals surface area contributed by atoms with Crippen molar-refractivity contribution in [1.29, 1.82) is 5.26 Å². The zero-order valence-corrected chi connectivity index (χ0v) is 10.7. The van der Waals surface area contributed by atoms with Gasteiger partial charge in [-0.2, -0.15) is 5.26 Å². The van der Waals surface area contributed by atoms with E-state index >= 15 is 0 Å². The molecule has 4 heteroatoms. The number of hydrogen-bond acceptors (Lipinski definition) is 3. The normalized spacial score (nSPS) is 18.4. The first-order valence-corrected chi connectivity index (χ1v) is 6.59. The molecule has 0 amide bonds. The monoisotopic (exact) mass is 252 g/mol. The van der Waals surface area contributed by atoms with Gasteiger partial charge >= 0.3 is 0 Å². The lowest BCUT2D eigenvalue weighted by Crippen LogP contribution is -2.17. The van der Waals surface area contributed by atoms with Crippen LogP contribution in [0.4, 0.5) is 0 Å². The quantitative estimate of drug-likeness (QED) is 0.911. The lowest BCUT2D eigenvalue weighted by atomic mass is 10.1. The van der Waals surface area contributed by atoms with Gasteiger partial charge in [0.15, 0.2) is 0 Å². The third-order valence-corrected chi connectivity index (χ3v) is 3.60. The van der Waals surface area contributed by atoms with Gasteiger partial charge in [0.25, 0.3) is 0 Å². The molecular weight excluding hydrogens is 236 g/mol. The van der Waals surface area contributed by atoms with E-state index in [9.17, 15) is 0 Å². The molecule has 1 aliphatic heterocycles. The summed E-state index contributed by atoms with van der Waals surface area (Å²) in [6.07, 6.45) is 6.24. The van der Waals surface area contributed by atoms with E-state index in [4.69, 9.17) is 5.26 Å². The fraction of sp³-hybridized carbons (Fsp3) is 0.333. The number of benzene rings is 1. The Kier molecular flexibility index (Phi) is 3.30. The number of rotatable bonds is 3. The molecule has 1 saturated heterocycles. The Labute approximate surface area is 112 Å². The van der Waals surface area contributed by atoms with Crippen LogP contribution in [0, 0.1) is 11.3 Å². The number of nitrogens with zero attached hydrogens (tertiary/aromatic N) is 3. The maximum absolute atomic E-state index is 8.80. The summed E-state index contributed by atoms with van der Waals surface area (Å²) in [7, 11) is 0. The zero-order chi connectivity index (χ0) is 13.1. The maximum atomic E-state index is 8.80. The minimum absolute atomic E-state index is 0.431. The van der Waals surface area contributed by atoms with Gasteiger partial charge in [0, 0.05) is 18.8 Å². The highest BCUT2D eigenvalue weighted by atomic mass is 15.1. The Morgan fingerprint density at radius 2 is 2.21 bits per heavy atom. The Hall–Kier alpha value is -2.12. The van der Waals surface area contributed by atoms with Crippen molar-refractivity contribution in [3.8, 4) is 6.07 Å². The van der Waals surface area contributed by atoms with Crippen LogP contribution in [0.1, 0.15) is 35.7 Å². The van der Waals surface area contributed by atoms with Crippen molar-refractivity contribution in [2.45, 2.75) is 25.4 Å². The van der Waals surface area contributed by atoms with Crippen molar-refractivity contribution in [1.82, 2.24) is 14.9 Å². The number of hydrogen-bond donors (Lipinski definition) is 1. The fourth-order valence-electron chi connectivity index (χ4n) is 2.57. The van der Waals surface area contributed by atoms with Crippen molar-refractivity contribution in [3.63, 3.8) is 0 Å². The highest BCUT2D eigenvalue weighted by molar-refractivity contribution is 5.31. The third-order valence-electron chi connectivity index (χ3n) is 3.60. The van der Waals surface area contributed by atoms with Crippen LogP contribution in [0.3, 0.4) is 0 Å². The summed E-state index contributed by atoms with van der Waals surface area (Å²) in [5.41, 5.74) is 3.14. The predicted molar refractivity (Wildman–Crippen MR) is 72.5 cm³/mol. The summed E-state index contributed by atoms with van der Waals surface area (Å²) < 4.78 is 2.18. The van der Waals surface area contributed by atoms with Crippen molar-refractivity contribution in [2.24, 2.45) is 0 Å². The van der Waals surface area contributed by atoms with Crippen LogP contribution in [0.5, 0.6) is 0 Å². The third kappa shape index (κ3) is 2.51. The molecule has 1 aromatic carbocycles. The molecular formula is C15H16N4. The Morgan fingerprint density at radius 3 is 2.89 bits per heavy atom. The second-order valence-electron chi connectivity index (χ2n) is 4.90. The largest absolute Gasteiger partial charge is 0.329 e. The van der Waals surface area contributed by atoms with E-state index in [1.807, 2.05) is 36.8 Å². The van der Waals surface area contributed by atoms with Crippen LogP contribution in [0.25, 0.3) is 0 Å². The number of imidazole rings is 1. The van der Waals surface area contributed by atoms with E-state index in [-0.39, 0.29) is 0 Å². The predicted octanol–water partition coefficient (Wildman–Crippen LogP) is 2.23. The van der Waals surface area contributed by atoms with Crippen LogP contribution < -0.4 is 5.32 Å². The Bertz CT molecular complexity index is 585. The van der Waals surface area contributed by atoms with Crippen molar-refractivity contribution < 1.29 is 0 Å². The first-order valence-electron chi connectivity index (χ1n) is 6.59. The number of aromatic nitrogens is 2. The molecule has 0 saturated carbocycles. The smallest absolute Gasteiger partial charge is 0.0991 e. The minimum Gasteiger partial charge on any atom is -0.329 e. The van der Waals surface area contributed by atoms with Gasteiger partial charge in [-0.15, -0.1) is 0 Å². The molecule has 2 heterocycles. The number of nitrogens with one attached hydrogen (secondary N) is 1. The van der Waals surface area contributed by atoms with E-state index in [1.165, 1.54) is 24.1 Å². The first-order chi connectivity index (χ1) is 9.36. The molecule has 4 nitrogen and oxygen atoms in total. The summed E-state index contributed by atoms with van der Waals surface area (Å²) in [4.78, 5) is 4.27. The van der Waals surface area contributed by atoms with Crippen LogP contribution in [-0.4, -0.2) is 16.1 Å². The standard InChI is InChI=1S/C15H16N4/c16-8-12-3-5-13(6-4-12)10-19-11-17-9-15(19)14-2-1-7-18-14/h3-6,9,11,14,18H,1-2,7,10H2/t14-/m0/s1. The average Bonchev–Trinajstić information content (AvgIpc) is 3.10. The Balaban J connectivity index is 1.79. The average molecular weight is 252 g/mol. The lowest BCUT2D eigenvalue weighted by Gasteiger charge is -2.14. The van der Waals surface area contributed by atoms with Crippen molar-refractivity contribution in [2.75, 3.05) is 6.54 Å². The topological polar surface area (TPSA) is 53.6 Å². The zero-order valence-electron chi connectivity index (χ0n) is 10.7. The SMILES string of the molecule is N#Cc1ccc(Cn2cncc2[C@@H]2CCCN2)cc1. The molecule has 96 valence electrons. The van der Waals surface area contributed by atoms with Crippen molar-refractivity contribution in [3.05, 3.63) is 53.6 Å². The summed E-state index contributed by atoms with van der Waals surface area (Å²) in [6.45, 7) is 1.89. The molecule has 2 aromatic rings.